The maximum absolute atomic E-state index is 8.41. The van der Waals surface area contributed by atoms with E-state index < -0.39 is 14.8 Å². The molecule has 0 aliphatic carbocycles. The van der Waals surface area contributed by atoms with Crippen molar-refractivity contribution in [1.29, 1.82) is 0 Å². The topological polar surface area (TPSA) is 51.2 Å². The molecule has 35 valence electrons. The Morgan fingerprint density at radius 1 is 1.20 bits per heavy atom. The van der Waals surface area contributed by atoms with Crippen molar-refractivity contribution in [2.45, 2.75) is 0 Å². The molecule has 0 amide bonds. The second-order valence-corrected chi connectivity index (χ2v) is 0.260. The van der Waals surface area contributed by atoms with Crippen molar-refractivity contribution in [3.05, 3.63) is 0 Å². The Hall–Kier alpha value is 0.413. The molecule has 0 aliphatic rings. The second-order valence-electron chi connectivity index (χ2n) is 0.0630. The summed E-state index contributed by atoms with van der Waals surface area (Å²) in [6.45, 7) is 0. The summed E-state index contributed by atoms with van der Waals surface area (Å²) in [7, 11) is 0. The summed E-state index contributed by atoms with van der Waals surface area (Å²) in [5.74, 6) is 0. The van der Waals surface area contributed by atoms with Crippen LogP contribution < -0.4 is 0 Å². The van der Waals surface area contributed by atoms with Crippen molar-refractivity contribution < 1.29 is 41.8 Å². The van der Waals surface area contributed by atoms with E-state index in [1.807, 2.05) is 0 Å². The van der Waals surface area contributed by atoms with E-state index in [1.165, 1.54) is 0 Å². The van der Waals surface area contributed by atoms with Gasteiger partial charge < -0.3 is 0 Å². The SMILES string of the molecule is [O]=[Mn]=[O].[O]=[Ni]. The minimum atomic E-state index is -1.44. The molecule has 0 spiro atoms. The molecule has 0 aliphatic heterocycles. The van der Waals surface area contributed by atoms with E-state index in [4.69, 9.17) is 11.6 Å². The molecule has 3 nitrogen and oxygen atoms in total. The fourth-order valence-electron chi connectivity index (χ4n) is 0. The number of hydrogen-bond donors (Lipinski definition) is 0. The summed E-state index contributed by atoms with van der Waals surface area (Å²) in [5, 5.41) is 0. The zero-order chi connectivity index (χ0) is 4.71. The van der Waals surface area contributed by atoms with E-state index in [2.05, 4.69) is 15.4 Å². The quantitative estimate of drug-likeness (QED) is 0.456. The molecule has 0 rings (SSSR count). The minimum absolute atomic E-state index is 1.44. The molecule has 0 fully saturated rings. The van der Waals surface area contributed by atoms with Gasteiger partial charge in [0.25, 0.3) is 0 Å². The fourth-order valence-corrected chi connectivity index (χ4v) is 0. The van der Waals surface area contributed by atoms with Gasteiger partial charge in [0.15, 0.2) is 0 Å². The van der Waals surface area contributed by atoms with Crippen molar-refractivity contribution in [3.8, 4) is 0 Å². The van der Waals surface area contributed by atoms with E-state index in [1.54, 1.807) is 0 Å². The third-order valence-corrected chi connectivity index (χ3v) is 0. The van der Waals surface area contributed by atoms with Crippen molar-refractivity contribution >= 4 is 0 Å². The van der Waals surface area contributed by atoms with Gasteiger partial charge >= 0.3 is 41.8 Å². The average molecular weight is 162 g/mol. The van der Waals surface area contributed by atoms with Gasteiger partial charge in [-0.15, -0.1) is 0 Å². The standard InChI is InChI=1S/Mn.Ni.3O. The predicted octanol–water partition coefficient (Wildman–Crippen LogP) is -0.361. The Bertz CT molecular complexity index is 36.2. The van der Waals surface area contributed by atoms with Gasteiger partial charge in [-0.05, 0) is 0 Å². The molecule has 0 aromatic heterocycles. The first-order valence-corrected chi connectivity index (χ1v) is 1.80. The van der Waals surface area contributed by atoms with Crippen LogP contribution in [-0.2, 0) is 41.8 Å². The summed E-state index contributed by atoms with van der Waals surface area (Å²) in [4.78, 5) is 0. The van der Waals surface area contributed by atoms with Crippen molar-refractivity contribution in [2.24, 2.45) is 0 Å². The van der Waals surface area contributed by atoms with Gasteiger partial charge in [-0.3, -0.25) is 0 Å². The van der Waals surface area contributed by atoms with E-state index in [0.717, 1.165) is 0 Å². The van der Waals surface area contributed by atoms with Gasteiger partial charge in [0.2, 0.25) is 0 Å². The normalized spacial score (nSPS) is 3.60. The third-order valence-electron chi connectivity index (χ3n) is 0. The van der Waals surface area contributed by atoms with Crippen LogP contribution in [0.3, 0.4) is 0 Å². The molecule has 0 aromatic carbocycles. The fraction of sp³-hybridized carbons (Fsp3) is 0. The van der Waals surface area contributed by atoms with E-state index in [-0.39, 0.29) is 0 Å². The van der Waals surface area contributed by atoms with E-state index >= 15 is 0 Å². The Morgan fingerprint density at radius 3 is 1.20 bits per heavy atom. The molecule has 0 saturated carbocycles. The van der Waals surface area contributed by atoms with Crippen LogP contribution in [0.15, 0.2) is 0 Å². The zero-order valence-corrected chi connectivity index (χ0v) is 4.09. The zero-order valence-electron chi connectivity index (χ0n) is 1.92. The Labute approximate surface area is 42.2 Å². The second kappa shape index (κ2) is 25.7. The molecule has 0 N–H and O–H groups in total. The van der Waals surface area contributed by atoms with Crippen molar-refractivity contribution in [1.82, 2.24) is 0 Å². The number of rotatable bonds is 0. The van der Waals surface area contributed by atoms with Gasteiger partial charge in [0.05, 0.1) is 0 Å². The van der Waals surface area contributed by atoms with Gasteiger partial charge in [-0.1, -0.05) is 0 Å². The van der Waals surface area contributed by atoms with E-state index in [9.17, 15) is 0 Å². The first-order chi connectivity index (χ1) is 2.41. The van der Waals surface area contributed by atoms with E-state index in [0.29, 0.717) is 0 Å². The molecule has 5 heavy (non-hydrogen) atoms. The van der Waals surface area contributed by atoms with Gasteiger partial charge in [-0.25, -0.2) is 0 Å². The first kappa shape index (κ1) is 9.05. The molecule has 0 atom stereocenters. The first-order valence-electron chi connectivity index (χ1n) is 0.438. The van der Waals surface area contributed by atoms with Crippen LogP contribution in [0.5, 0.6) is 0 Å². The van der Waals surface area contributed by atoms with Crippen LogP contribution >= 0.6 is 0 Å². The van der Waals surface area contributed by atoms with Crippen LogP contribution in [0.2, 0.25) is 0 Å². The molecule has 0 heterocycles. The predicted molar refractivity (Wildman–Crippen MR) is 2.06 cm³/mol. The Morgan fingerprint density at radius 2 is 1.20 bits per heavy atom. The van der Waals surface area contributed by atoms with Crippen molar-refractivity contribution in [2.75, 3.05) is 0 Å². The van der Waals surface area contributed by atoms with Crippen LogP contribution in [0.4, 0.5) is 0 Å². The Balaban J connectivity index is 0. The molecule has 0 radical (unpaired) electrons. The molecule has 0 bridgehead atoms. The summed E-state index contributed by atoms with van der Waals surface area (Å²) < 4.78 is 24.7. The summed E-state index contributed by atoms with van der Waals surface area (Å²) >= 11 is 1.19. The number of hydrogen-bond acceptors (Lipinski definition) is 3. The molecule has 0 unspecified atom stereocenters. The van der Waals surface area contributed by atoms with Gasteiger partial charge in [-0.2, -0.15) is 0 Å². The molecule has 0 aromatic rings. The Kier molecular flexibility index (Phi) is 46.6. The van der Waals surface area contributed by atoms with Gasteiger partial charge in [0.1, 0.15) is 0 Å². The average Bonchev–Trinajstić information content (AvgIpc) is 1.46. The van der Waals surface area contributed by atoms with Crippen LogP contribution in [-0.4, -0.2) is 0 Å². The summed E-state index contributed by atoms with van der Waals surface area (Å²) in [5.41, 5.74) is 0. The molecular weight excluding hydrogens is 162 g/mol. The third kappa shape index (κ3) is 151. The van der Waals surface area contributed by atoms with Gasteiger partial charge in [0, 0.05) is 0 Å². The van der Waals surface area contributed by atoms with Crippen LogP contribution in [0, 0.1) is 0 Å². The molecular formula is MnNiO3. The molecule has 5 heteroatoms. The van der Waals surface area contributed by atoms with Crippen LogP contribution in [0.25, 0.3) is 0 Å². The van der Waals surface area contributed by atoms with Crippen molar-refractivity contribution in [3.63, 3.8) is 0 Å². The monoisotopic (exact) mass is 161 g/mol. The molecule has 0 saturated heterocycles. The summed E-state index contributed by atoms with van der Waals surface area (Å²) in [6.07, 6.45) is 0. The van der Waals surface area contributed by atoms with Crippen LogP contribution in [0.1, 0.15) is 0 Å². The maximum atomic E-state index is 8.41. The summed E-state index contributed by atoms with van der Waals surface area (Å²) in [6, 6.07) is 0.